The van der Waals surface area contributed by atoms with Gasteiger partial charge in [-0.15, -0.1) is 11.3 Å². The first-order valence-corrected chi connectivity index (χ1v) is 7.58. The lowest BCUT2D eigenvalue weighted by atomic mass is 10.3. The molecule has 3 nitrogen and oxygen atoms in total. The van der Waals surface area contributed by atoms with E-state index in [0.29, 0.717) is 16.7 Å². The van der Waals surface area contributed by atoms with Crippen LogP contribution in [0, 0.1) is 0 Å². The maximum absolute atomic E-state index is 5.58. The topological polar surface area (TPSA) is 42.1 Å². The molecular formula is C14H15N3S2. The Balaban J connectivity index is 1.81. The highest BCUT2D eigenvalue weighted by atomic mass is 32.1. The second-order valence-corrected chi connectivity index (χ2v) is 6.18. The van der Waals surface area contributed by atoms with Crippen LogP contribution in [0.25, 0.3) is 0 Å². The number of rotatable bonds is 5. The van der Waals surface area contributed by atoms with Gasteiger partial charge in [0, 0.05) is 10.9 Å². The van der Waals surface area contributed by atoms with Crippen molar-refractivity contribution in [3.63, 3.8) is 0 Å². The molecule has 1 aliphatic rings. The first-order chi connectivity index (χ1) is 9.24. The van der Waals surface area contributed by atoms with Crippen LogP contribution >= 0.6 is 23.6 Å². The van der Waals surface area contributed by atoms with Gasteiger partial charge in [-0.05, 0) is 36.4 Å². The number of pyridine rings is 1. The highest BCUT2D eigenvalue weighted by Gasteiger charge is 2.29. The Bertz CT molecular complexity index is 559. The molecule has 2 N–H and O–H groups in total. The molecule has 1 fully saturated rings. The number of thiocarbonyl (C=S) groups is 1. The van der Waals surface area contributed by atoms with Gasteiger partial charge >= 0.3 is 0 Å². The van der Waals surface area contributed by atoms with Crippen molar-refractivity contribution in [2.75, 3.05) is 4.90 Å². The molecule has 0 unspecified atom stereocenters. The molecule has 0 amide bonds. The maximum atomic E-state index is 5.58. The van der Waals surface area contributed by atoms with Crippen molar-refractivity contribution in [3.8, 4) is 0 Å². The van der Waals surface area contributed by atoms with Crippen molar-refractivity contribution in [3.05, 3.63) is 46.4 Å². The fourth-order valence-electron chi connectivity index (χ4n) is 2.09. The van der Waals surface area contributed by atoms with E-state index in [1.807, 2.05) is 12.3 Å². The molecule has 0 radical (unpaired) electrons. The van der Waals surface area contributed by atoms with Gasteiger partial charge in [0.2, 0.25) is 0 Å². The van der Waals surface area contributed by atoms with Crippen molar-refractivity contribution in [1.82, 2.24) is 4.98 Å². The fraction of sp³-hybridized carbons (Fsp3) is 0.286. The summed E-state index contributed by atoms with van der Waals surface area (Å²) in [5.74, 6) is 0. The van der Waals surface area contributed by atoms with E-state index in [0.717, 1.165) is 12.2 Å². The summed E-state index contributed by atoms with van der Waals surface area (Å²) in [4.78, 5) is 8.48. The molecule has 2 aromatic heterocycles. The summed E-state index contributed by atoms with van der Waals surface area (Å²) >= 11 is 6.73. The Hall–Kier alpha value is -1.46. The van der Waals surface area contributed by atoms with Gasteiger partial charge in [0.1, 0.15) is 4.99 Å². The van der Waals surface area contributed by atoms with Gasteiger partial charge in [-0.25, -0.2) is 0 Å². The van der Waals surface area contributed by atoms with Gasteiger partial charge in [-0.1, -0.05) is 18.3 Å². The molecule has 19 heavy (non-hydrogen) atoms. The second kappa shape index (κ2) is 5.27. The first-order valence-electron chi connectivity index (χ1n) is 6.29. The molecule has 0 aliphatic heterocycles. The summed E-state index contributed by atoms with van der Waals surface area (Å²) in [7, 11) is 0. The summed E-state index contributed by atoms with van der Waals surface area (Å²) in [5, 5.41) is 2.12. The van der Waals surface area contributed by atoms with Crippen molar-refractivity contribution >= 4 is 34.2 Å². The number of hydrogen-bond donors (Lipinski definition) is 1. The molecule has 2 heterocycles. The third kappa shape index (κ3) is 2.93. The van der Waals surface area contributed by atoms with Gasteiger partial charge in [-0.3, -0.25) is 4.98 Å². The summed E-state index contributed by atoms with van der Waals surface area (Å²) < 4.78 is 0. The average Bonchev–Trinajstić information content (AvgIpc) is 3.13. The van der Waals surface area contributed by atoms with Crippen molar-refractivity contribution < 1.29 is 0 Å². The van der Waals surface area contributed by atoms with Crippen molar-refractivity contribution in [1.29, 1.82) is 0 Å². The zero-order valence-electron chi connectivity index (χ0n) is 10.5. The Morgan fingerprint density at radius 2 is 2.26 bits per heavy atom. The van der Waals surface area contributed by atoms with Crippen LogP contribution in [-0.4, -0.2) is 16.0 Å². The molecule has 3 rings (SSSR count). The second-order valence-electron chi connectivity index (χ2n) is 4.70. The van der Waals surface area contributed by atoms with E-state index >= 15 is 0 Å². The monoisotopic (exact) mass is 289 g/mol. The average molecular weight is 289 g/mol. The predicted molar refractivity (Wildman–Crippen MR) is 83.6 cm³/mol. The van der Waals surface area contributed by atoms with Gasteiger partial charge in [0.25, 0.3) is 0 Å². The molecule has 2 aromatic rings. The number of anilines is 1. The van der Waals surface area contributed by atoms with Gasteiger partial charge in [0.15, 0.2) is 0 Å². The molecule has 5 heteroatoms. The lowest BCUT2D eigenvalue weighted by Gasteiger charge is -2.23. The molecule has 0 atom stereocenters. The van der Waals surface area contributed by atoms with Gasteiger partial charge in [-0.2, -0.15) is 0 Å². The lowest BCUT2D eigenvalue weighted by Crippen LogP contribution is -2.25. The summed E-state index contributed by atoms with van der Waals surface area (Å²) in [5.41, 5.74) is 7.41. The predicted octanol–water partition coefficient (Wildman–Crippen LogP) is 2.95. The molecule has 1 saturated carbocycles. The molecule has 1 aliphatic carbocycles. The molecule has 0 saturated heterocycles. The van der Waals surface area contributed by atoms with E-state index in [-0.39, 0.29) is 0 Å². The van der Waals surface area contributed by atoms with Crippen LogP contribution in [0.4, 0.5) is 5.69 Å². The number of thiophene rings is 1. The lowest BCUT2D eigenvalue weighted by molar-refractivity contribution is 0.800. The van der Waals surface area contributed by atoms with Crippen LogP contribution < -0.4 is 10.6 Å². The van der Waals surface area contributed by atoms with Crippen molar-refractivity contribution in [2.24, 2.45) is 5.73 Å². The highest BCUT2D eigenvalue weighted by molar-refractivity contribution is 7.80. The smallest absolute Gasteiger partial charge is 0.122 e. The SMILES string of the molecule is NC(=S)c1ccc(N(Cc2cccs2)C2CC2)cn1. The van der Waals surface area contributed by atoms with Crippen LogP contribution in [0.3, 0.4) is 0 Å². The Labute approximate surface area is 122 Å². The number of aromatic nitrogens is 1. The summed E-state index contributed by atoms with van der Waals surface area (Å²) in [6.07, 6.45) is 4.41. The van der Waals surface area contributed by atoms with Crippen LogP contribution in [0.5, 0.6) is 0 Å². The number of nitrogens with two attached hydrogens (primary N) is 1. The summed E-state index contributed by atoms with van der Waals surface area (Å²) in [6, 6.07) is 8.89. The van der Waals surface area contributed by atoms with E-state index in [1.54, 1.807) is 11.3 Å². The van der Waals surface area contributed by atoms with E-state index < -0.39 is 0 Å². The molecule has 0 bridgehead atoms. The van der Waals surface area contributed by atoms with Crippen LogP contribution in [-0.2, 0) is 6.54 Å². The third-order valence-corrected chi connectivity index (χ3v) is 4.30. The number of hydrogen-bond acceptors (Lipinski definition) is 4. The summed E-state index contributed by atoms with van der Waals surface area (Å²) in [6.45, 7) is 0.955. The van der Waals surface area contributed by atoms with Crippen molar-refractivity contribution in [2.45, 2.75) is 25.4 Å². The minimum Gasteiger partial charge on any atom is -0.388 e. The first kappa shape index (κ1) is 12.6. The number of nitrogens with zero attached hydrogens (tertiary/aromatic N) is 2. The van der Waals surface area contributed by atoms with E-state index in [9.17, 15) is 0 Å². The quantitative estimate of drug-likeness (QED) is 0.859. The molecule has 98 valence electrons. The minimum absolute atomic E-state index is 0.350. The normalized spacial score (nSPS) is 14.3. The standard InChI is InChI=1S/C14H15N3S2/c15-14(18)13-6-5-11(8-16-13)17(10-3-4-10)9-12-2-1-7-19-12/h1-2,5-8,10H,3-4,9H2,(H2,15,18). The zero-order chi connectivity index (χ0) is 13.2. The van der Waals surface area contributed by atoms with Crippen LogP contribution in [0.1, 0.15) is 23.4 Å². The van der Waals surface area contributed by atoms with Gasteiger partial charge in [0.05, 0.1) is 24.1 Å². The maximum Gasteiger partial charge on any atom is 0.122 e. The Morgan fingerprint density at radius 1 is 1.42 bits per heavy atom. The zero-order valence-corrected chi connectivity index (χ0v) is 12.1. The van der Waals surface area contributed by atoms with E-state index in [2.05, 4.69) is 33.5 Å². The van der Waals surface area contributed by atoms with Crippen LogP contribution in [0.2, 0.25) is 0 Å². The minimum atomic E-state index is 0.350. The molecule has 0 spiro atoms. The largest absolute Gasteiger partial charge is 0.388 e. The Kier molecular flexibility index (Phi) is 3.48. The molecule has 0 aromatic carbocycles. The van der Waals surface area contributed by atoms with Gasteiger partial charge < -0.3 is 10.6 Å². The Morgan fingerprint density at radius 3 is 2.79 bits per heavy atom. The van der Waals surface area contributed by atoms with Crippen LogP contribution in [0.15, 0.2) is 35.8 Å². The third-order valence-electron chi connectivity index (χ3n) is 3.23. The van der Waals surface area contributed by atoms with E-state index in [4.69, 9.17) is 18.0 Å². The molecular weight excluding hydrogens is 274 g/mol. The van der Waals surface area contributed by atoms with E-state index in [1.165, 1.54) is 17.7 Å². The fourth-order valence-corrected chi connectivity index (χ4v) is 2.91. The highest BCUT2D eigenvalue weighted by Crippen LogP contribution is 2.33.